The Morgan fingerprint density at radius 1 is 0.935 bits per heavy atom. The van der Waals surface area contributed by atoms with Crippen LogP contribution in [0, 0.1) is 40.7 Å². The van der Waals surface area contributed by atoms with E-state index in [2.05, 4.69) is 12.2 Å². The smallest absolute Gasteiger partial charge is 0.199 e. The number of halogens is 3. The molecule has 0 atom stereocenters. The highest BCUT2D eigenvalue weighted by Crippen LogP contribution is 2.38. The Morgan fingerprint density at radius 3 is 2.19 bits per heavy atom. The Hall–Kier alpha value is -2.28. The van der Waals surface area contributed by atoms with Gasteiger partial charge in [0.25, 0.3) is 0 Å². The first-order valence-electron chi connectivity index (χ1n) is 11.6. The molecule has 1 nitrogen and oxygen atoms in total. The van der Waals surface area contributed by atoms with E-state index in [1.807, 2.05) is 6.08 Å². The molecule has 3 rings (SSSR count). The summed E-state index contributed by atoms with van der Waals surface area (Å²) in [5.74, 6) is 0.100. The minimum absolute atomic E-state index is 0.344. The molecular formula is C27H32F3N. The molecule has 0 saturated heterocycles. The lowest BCUT2D eigenvalue weighted by molar-refractivity contribution is 0.295. The highest BCUT2D eigenvalue weighted by atomic mass is 19.2. The molecule has 2 aliphatic rings. The third-order valence-corrected chi connectivity index (χ3v) is 6.96. The van der Waals surface area contributed by atoms with Crippen LogP contribution in [0.3, 0.4) is 0 Å². The van der Waals surface area contributed by atoms with E-state index in [1.165, 1.54) is 50.0 Å². The van der Waals surface area contributed by atoms with Gasteiger partial charge in [0.1, 0.15) is 6.07 Å². The van der Waals surface area contributed by atoms with Crippen LogP contribution in [-0.4, -0.2) is 0 Å². The third kappa shape index (κ3) is 7.42. The molecule has 1 aromatic rings. The topological polar surface area (TPSA) is 23.8 Å². The van der Waals surface area contributed by atoms with Crippen molar-refractivity contribution in [3.05, 3.63) is 71.6 Å². The number of benzene rings is 1. The largest absolute Gasteiger partial charge is 0.204 e. The first kappa shape index (κ1) is 23.4. The minimum Gasteiger partial charge on any atom is -0.204 e. The van der Waals surface area contributed by atoms with E-state index in [-0.39, 0.29) is 0 Å². The van der Waals surface area contributed by atoms with Gasteiger partial charge < -0.3 is 0 Å². The van der Waals surface area contributed by atoms with Crippen molar-refractivity contribution in [2.45, 2.75) is 70.1 Å². The number of rotatable bonds is 7. The molecule has 0 amide bonds. The van der Waals surface area contributed by atoms with E-state index >= 15 is 0 Å². The number of nitrogens with zero attached hydrogens (tertiary/aromatic N) is 1. The fourth-order valence-corrected chi connectivity index (χ4v) is 5.01. The van der Waals surface area contributed by atoms with Crippen LogP contribution in [0.25, 0.3) is 0 Å². The first-order chi connectivity index (χ1) is 15.0. The summed E-state index contributed by atoms with van der Waals surface area (Å²) in [6, 6.07) is 5.81. The van der Waals surface area contributed by atoms with Crippen LogP contribution in [0.1, 0.15) is 75.7 Å². The van der Waals surface area contributed by atoms with Crippen molar-refractivity contribution < 1.29 is 13.2 Å². The maximum atomic E-state index is 13.5. The van der Waals surface area contributed by atoms with Gasteiger partial charge in [-0.2, -0.15) is 9.65 Å². The van der Waals surface area contributed by atoms with Gasteiger partial charge in [-0.25, -0.2) is 8.78 Å². The number of allylic oxidation sites excluding steroid dienone is 6. The molecule has 2 fully saturated rings. The van der Waals surface area contributed by atoms with Gasteiger partial charge in [0, 0.05) is 0 Å². The summed E-state index contributed by atoms with van der Waals surface area (Å²) in [5.41, 5.74) is 0.931. The van der Waals surface area contributed by atoms with Crippen molar-refractivity contribution in [2.24, 2.45) is 17.8 Å². The monoisotopic (exact) mass is 427 g/mol. The molecule has 2 aliphatic carbocycles. The van der Waals surface area contributed by atoms with Crippen LogP contribution < -0.4 is 0 Å². The van der Waals surface area contributed by atoms with Crippen molar-refractivity contribution in [3.63, 3.8) is 0 Å². The molecular weight excluding hydrogens is 395 g/mol. The Kier molecular flexibility index (Phi) is 9.00. The van der Waals surface area contributed by atoms with Crippen LogP contribution >= 0.6 is 0 Å². The zero-order chi connectivity index (χ0) is 22.1. The lowest BCUT2D eigenvalue weighted by atomic mass is 9.77. The quantitative estimate of drug-likeness (QED) is 0.244. The highest BCUT2D eigenvalue weighted by Gasteiger charge is 2.23. The predicted molar refractivity (Wildman–Crippen MR) is 119 cm³/mol. The number of hydrogen-bond donors (Lipinski definition) is 0. The fourth-order valence-electron chi connectivity index (χ4n) is 5.01. The van der Waals surface area contributed by atoms with Gasteiger partial charge in [-0.05, 0) is 112 Å². The maximum Gasteiger partial charge on any atom is 0.199 e. The van der Waals surface area contributed by atoms with Gasteiger partial charge in [0.2, 0.25) is 0 Å². The molecule has 0 spiro atoms. The van der Waals surface area contributed by atoms with Crippen LogP contribution in [-0.2, 0) is 0 Å². The Balaban J connectivity index is 1.34. The predicted octanol–water partition coefficient (Wildman–Crippen LogP) is 8.31. The summed E-state index contributed by atoms with van der Waals surface area (Å²) in [6.07, 6.45) is 20.9. The second-order valence-corrected chi connectivity index (χ2v) is 9.08. The van der Waals surface area contributed by atoms with Crippen molar-refractivity contribution in [2.75, 3.05) is 0 Å². The SMILES string of the molecule is N#CC(F)=CC=CCCC1CCC(/C=C/C2CCC(c3ccc(F)c(F)c3)CC2)CC1. The summed E-state index contributed by atoms with van der Waals surface area (Å²) in [4.78, 5) is 0. The molecule has 2 saturated carbocycles. The summed E-state index contributed by atoms with van der Waals surface area (Å²) in [5, 5.41) is 8.37. The van der Waals surface area contributed by atoms with Gasteiger partial charge in [-0.3, -0.25) is 0 Å². The zero-order valence-electron chi connectivity index (χ0n) is 18.1. The second-order valence-electron chi connectivity index (χ2n) is 9.08. The molecule has 31 heavy (non-hydrogen) atoms. The number of hydrogen-bond acceptors (Lipinski definition) is 1. The van der Waals surface area contributed by atoms with Crippen molar-refractivity contribution in [1.82, 2.24) is 0 Å². The van der Waals surface area contributed by atoms with Crippen LogP contribution in [0.2, 0.25) is 0 Å². The van der Waals surface area contributed by atoms with Gasteiger partial charge in [-0.1, -0.05) is 30.4 Å². The standard InChI is InChI=1S/C27H32F3N/c28-25(19-31)5-3-1-2-4-20-6-8-21(9-7-20)10-11-22-12-14-23(15-13-22)24-16-17-26(29)27(30)18-24/h1,3,5,10-11,16-18,20-23H,2,4,6-9,12-15H2/b3-1?,11-10+,25-5?. The van der Waals surface area contributed by atoms with Gasteiger partial charge in [-0.15, -0.1) is 0 Å². The molecule has 0 bridgehead atoms. The molecule has 0 heterocycles. The molecule has 4 heteroatoms. The average Bonchev–Trinajstić information content (AvgIpc) is 2.80. The molecule has 0 radical (unpaired) electrons. The maximum absolute atomic E-state index is 13.5. The van der Waals surface area contributed by atoms with Crippen LogP contribution in [0.4, 0.5) is 13.2 Å². The second kappa shape index (κ2) is 11.9. The molecule has 166 valence electrons. The van der Waals surface area contributed by atoms with E-state index < -0.39 is 17.5 Å². The zero-order valence-corrected chi connectivity index (χ0v) is 18.1. The van der Waals surface area contributed by atoms with E-state index in [0.29, 0.717) is 17.8 Å². The highest BCUT2D eigenvalue weighted by molar-refractivity contribution is 5.22. The summed E-state index contributed by atoms with van der Waals surface area (Å²) >= 11 is 0. The normalized spacial score (nSPS) is 27.6. The Morgan fingerprint density at radius 2 is 1.58 bits per heavy atom. The van der Waals surface area contributed by atoms with Crippen molar-refractivity contribution in [1.29, 1.82) is 5.26 Å². The van der Waals surface area contributed by atoms with E-state index in [0.717, 1.165) is 50.0 Å². The van der Waals surface area contributed by atoms with Crippen LogP contribution in [0.5, 0.6) is 0 Å². The van der Waals surface area contributed by atoms with E-state index in [1.54, 1.807) is 12.1 Å². The lowest BCUT2D eigenvalue weighted by Gasteiger charge is -2.29. The molecule has 0 unspecified atom stereocenters. The summed E-state index contributed by atoms with van der Waals surface area (Å²) < 4.78 is 39.3. The summed E-state index contributed by atoms with van der Waals surface area (Å²) in [6.45, 7) is 0. The minimum atomic E-state index is -0.769. The molecule has 0 aliphatic heterocycles. The lowest BCUT2D eigenvalue weighted by Crippen LogP contribution is -2.14. The Bertz CT molecular complexity index is 833. The first-order valence-corrected chi connectivity index (χ1v) is 11.6. The van der Waals surface area contributed by atoms with Crippen molar-refractivity contribution in [3.8, 4) is 6.07 Å². The van der Waals surface area contributed by atoms with Crippen molar-refractivity contribution >= 4 is 0 Å². The Labute approximate surface area is 184 Å². The summed E-state index contributed by atoms with van der Waals surface area (Å²) in [7, 11) is 0. The number of nitriles is 1. The molecule has 1 aromatic carbocycles. The average molecular weight is 428 g/mol. The third-order valence-electron chi connectivity index (χ3n) is 6.96. The van der Waals surface area contributed by atoms with Crippen LogP contribution in [0.15, 0.2) is 54.4 Å². The fraction of sp³-hybridized carbons (Fsp3) is 0.519. The molecule has 0 aromatic heterocycles. The molecule has 0 N–H and O–H groups in total. The van der Waals surface area contributed by atoms with Gasteiger partial charge in [0.15, 0.2) is 17.5 Å². The van der Waals surface area contributed by atoms with Gasteiger partial charge in [0.05, 0.1) is 0 Å². The van der Waals surface area contributed by atoms with E-state index in [9.17, 15) is 13.2 Å². The van der Waals surface area contributed by atoms with E-state index in [4.69, 9.17) is 5.26 Å². The van der Waals surface area contributed by atoms with Gasteiger partial charge >= 0.3 is 0 Å².